The molecule has 146 valence electrons. The molecule has 1 amide bonds. The zero-order valence-corrected chi connectivity index (χ0v) is 16.3. The molecule has 5 rings (SSSR count). The van der Waals surface area contributed by atoms with Gasteiger partial charge in [0.1, 0.15) is 0 Å². The molecule has 0 unspecified atom stereocenters. The van der Waals surface area contributed by atoms with Gasteiger partial charge in [-0.05, 0) is 18.2 Å². The number of aromatic nitrogens is 4. The van der Waals surface area contributed by atoms with Crippen LogP contribution in [-0.2, 0) is 9.53 Å². The van der Waals surface area contributed by atoms with Gasteiger partial charge >= 0.3 is 0 Å². The van der Waals surface area contributed by atoms with Gasteiger partial charge in [-0.3, -0.25) is 9.89 Å². The second-order valence-electron chi connectivity index (χ2n) is 6.71. The molecule has 1 fully saturated rings. The number of ether oxygens (including phenoxy) is 1. The Bertz CT molecular complexity index is 1240. The van der Waals surface area contributed by atoms with E-state index in [9.17, 15) is 4.79 Å². The number of morpholine rings is 1. The van der Waals surface area contributed by atoms with E-state index < -0.39 is 5.91 Å². The van der Waals surface area contributed by atoms with Crippen molar-refractivity contribution < 1.29 is 9.53 Å². The minimum absolute atomic E-state index is 0.478. The molecule has 4 aromatic rings. The SMILES string of the molecule is NC(=O)/C=C/c1cc2nc(-c3cccc4[nH]ncc34)nc(N3CCOCC3)c2s1. The lowest BCUT2D eigenvalue weighted by Crippen LogP contribution is -2.36. The van der Waals surface area contributed by atoms with E-state index in [4.69, 9.17) is 20.4 Å². The molecular weight excluding hydrogens is 388 g/mol. The Labute approximate surface area is 170 Å². The number of hydrogen-bond acceptors (Lipinski definition) is 7. The molecule has 3 N–H and O–H groups in total. The molecule has 0 aliphatic carbocycles. The number of H-pyrrole nitrogens is 1. The van der Waals surface area contributed by atoms with Crippen LogP contribution in [0.25, 0.3) is 38.6 Å². The predicted molar refractivity (Wildman–Crippen MR) is 114 cm³/mol. The highest BCUT2D eigenvalue weighted by Gasteiger charge is 2.20. The summed E-state index contributed by atoms with van der Waals surface area (Å²) in [5.74, 6) is 1.06. The number of amides is 1. The number of nitrogens with zero attached hydrogens (tertiary/aromatic N) is 4. The molecule has 0 saturated carbocycles. The van der Waals surface area contributed by atoms with E-state index in [1.54, 1.807) is 23.6 Å². The summed E-state index contributed by atoms with van der Waals surface area (Å²) in [6, 6.07) is 7.91. The molecular formula is C20H18N6O2S. The van der Waals surface area contributed by atoms with Gasteiger partial charge in [-0.2, -0.15) is 5.10 Å². The fraction of sp³-hybridized carbons (Fsp3) is 0.200. The number of fused-ring (bicyclic) bond motifs is 2. The summed E-state index contributed by atoms with van der Waals surface area (Å²) < 4.78 is 6.49. The van der Waals surface area contributed by atoms with Crippen LogP contribution >= 0.6 is 11.3 Å². The lowest BCUT2D eigenvalue weighted by molar-refractivity contribution is -0.113. The van der Waals surface area contributed by atoms with E-state index in [-0.39, 0.29) is 0 Å². The van der Waals surface area contributed by atoms with Crippen LogP contribution in [0.5, 0.6) is 0 Å². The highest BCUT2D eigenvalue weighted by atomic mass is 32.1. The zero-order valence-electron chi connectivity index (χ0n) is 15.5. The van der Waals surface area contributed by atoms with Gasteiger partial charge in [-0.25, -0.2) is 9.97 Å². The minimum Gasteiger partial charge on any atom is -0.378 e. The van der Waals surface area contributed by atoms with Crippen LogP contribution in [0.4, 0.5) is 5.82 Å². The molecule has 9 heteroatoms. The summed E-state index contributed by atoms with van der Waals surface area (Å²) in [6.07, 6.45) is 4.87. The van der Waals surface area contributed by atoms with Crippen LogP contribution in [0.15, 0.2) is 36.5 Å². The Morgan fingerprint density at radius 3 is 2.97 bits per heavy atom. The van der Waals surface area contributed by atoms with Crippen molar-refractivity contribution in [2.24, 2.45) is 5.73 Å². The normalized spacial score (nSPS) is 15.0. The molecule has 1 aliphatic rings. The van der Waals surface area contributed by atoms with Crippen molar-refractivity contribution in [2.75, 3.05) is 31.2 Å². The van der Waals surface area contributed by atoms with E-state index >= 15 is 0 Å². The van der Waals surface area contributed by atoms with Gasteiger partial charge in [0.25, 0.3) is 0 Å². The first-order valence-electron chi connectivity index (χ1n) is 9.23. The van der Waals surface area contributed by atoms with E-state index in [2.05, 4.69) is 15.1 Å². The van der Waals surface area contributed by atoms with E-state index in [1.165, 1.54) is 6.08 Å². The number of anilines is 1. The van der Waals surface area contributed by atoms with Crippen molar-refractivity contribution >= 4 is 50.3 Å². The Hall–Kier alpha value is -3.30. The number of aromatic amines is 1. The quantitative estimate of drug-likeness (QED) is 0.504. The summed E-state index contributed by atoms with van der Waals surface area (Å²) in [7, 11) is 0. The van der Waals surface area contributed by atoms with Crippen molar-refractivity contribution in [2.45, 2.75) is 0 Å². The van der Waals surface area contributed by atoms with Crippen LogP contribution in [0.2, 0.25) is 0 Å². The van der Waals surface area contributed by atoms with Crippen LogP contribution in [0.3, 0.4) is 0 Å². The smallest absolute Gasteiger partial charge is 0.241 e. The van der Waals surface area contributed by atoms with E-state index in [1.807, 2.05) is 24.3 Å². The maximum atomic E-state index is 11.1. The van der Waals surface area contributed by atoms with Crippen LogP contribution in [-0.4, -0.2) is 52.4 Å². The number of benzene rings is 1. The summed E-state index contributed by atoms with van der Waals surface area (Å²) in [4.78, 5) is 24.0. The molecule has 1 aliphatic heterocycles. The Kier molecular flexibility index (Phi) is 4.45. The fourth-order valence-electron chi connectivity index (χ4n) is 3.45. The Morgan fingerprint density at radius 2 is 2.14 bits per heavy atom. The summed E-state index contributed by atoms with van der Waals surface area (Å²) in [5, 5.41) is 8.12. The number of rotatable bonds is 4. The van der Waals surface area contributed by atoms with Crippen LogP contribution in [0, 0.1) is 0 Å². The molecule has 0 spiro atoms. The topological polar surface area (TPSA) is 110 Å². The average molecular weight is 406 g/mol. The van der Waals surface area contributed by atoms with Gasteiger partial charge in [-0.15, -0.1) is 11.3 Å². The third-order valence-corrected chi connectivity index (χ3v) is 5.91. The van der Waals surface area contributed by atoms with Gasteiger partial charge in [0.05, 0.1) is 35.1 Å². The molecule has 0 atom stereocenters. The second-order valence-corrected chi connectivity index (χ2v) is 7.79. The van der Waals surface area contributed by atoms with Gasteiger partial charge in [0.15, 0.2) is 11.6 Å². The monoisotopic (exact) mass is 406 g/mol. The molecule has 8 nitrogen and oxygen atoms in total. The minimum atomic E-state index is -0.478. The van der Waals surface area contributed by atoms with Crippen molar-refractivity contribution in [1.82, 2.24) is 20.2 Å². The molecule has 1 aromatic carbocycles. The highest BCUT2D eigenvalue weighted by molar-refractivity contribution is 7.20. The van der Waals surface area contributed by atoms with E-state index in [0.29, 0.717) is 19.0 Å². The standard InChI is InChI=1S/C20H18N6O2S/c21-17(27)5-4-12-10-16-18(29-12)20(26-6-8-28-9-7-26)24-19(23-16)13-2-1-3-15-14(13)11-22-25-15/h1-5,10-11H,6-9H2,(H2,21,27)(H,22,25)/b5-4+. The summed E-state index contributed by atoms with van der Waals surface area (Å²) in [5.41, 5.74) is 7.95. The molecule has 0 bridgehead atoms. The van der Waals surface area contributed by atoms with Gasteiger partial charge < -0.3 is 15.4 Å². The molecule has 0 radical (unpaired) electrons. The number of carbonyl (C=O) groups is 1. The number of hydrogen-bond donors (Lipinski definition) is 2. The summed E-state index contributed by atoms with van der Waals surface area (Å²) >= 11 is 1.55. The molecule has 3 aromatic heterocycles. The van der Waals surface area contributed by atoms with E-state index in [0.717, 1.165) is 50.5 Å². The Balaban J connectivity index is 1.70. The van der Waals surface area contributed by atoms with Crippen LogP contribution in [0.1, 0.15) is 4.88 Å². The Morgan fingerprint density at radius 1 is 1.28 bits per heavy atom. The van der Waals surface area contributed by atoms with Crippen molar-refractivity contribution in [1.29, 1.82) is 0 Å². The zero-order chi connectivity index (χ0) is 19.8. The van der Waals surface area contributed by atoms with Gasteiger partial charge in [0, 0.05) is 35.0 Å². The second kappa shape index (κ2) is 7.26. The first kappa shape index (κ1) is 17.8. The third-order valence-electron chi connectivity index (χ3n) is 4.82. The van der Waals surface area contributed by atoms with Crippen molar-refractivity contribution in [3.63, 3.8) is 0 Å². The van der Waals surface area contributed by atoms with Gasteiger partial charge in [0.2, 0.25) is 5.91 Å². The average Bonchev–Trinajstić information content (AvgIpc) is 3.38. The van der Waals surface area contributed by atoms with Crippen molar-refractivity contribution in [3.05, 3.63) is 41.4 Å². The largest absolute Gasteiger partial charge is 0.378 e. The fourth-order valence-corrected chi connectivity index (χ4v) is 4.47. The van der Waals surface area contributed by atoms with Crippen LogP contribution < -0.4 is 10.6 Å². The maximum absolute atomic E-state index is 11.1. The first-order chi connectivity index (χ1) is 14.2. The highest BCUT2D eigenvalue weighted by Crippen LogP contribution is 2.36. The number of nitrogens with two attached hydrogens (primary N) is 1. The molecule has 1 saturated heterocycles. The molecule has 4 heterocycles. The number of thiophene rings is 1. The predicted octanol–water partition coefficient (Wildman–Crippen LogP) is 2.57. The number of primary amides is 1. The van der Waals surface area contributed by atoms with Crippen molar-refractivity contribution in [3.8, 4) is 11.4 Å². The lowest BCUT2D eigenvalue weighted by atomic mass is 10.1. The van der Waals surface area contributed by atoms with Gasteiger partial charge in [-0.1, -0.05) is 12.1 Å². The number of carbonyl (C=O) groups excluding carboxylic acids is 1. The summed E-state index contributed by atoms with van der Waals surface area (Å²) in [6.45, 7) is 2.87. The maximum Gasteiger partial charge on any atom is 0.241 e. The number of nitrogens with one attached hydrogen (secondary N) is 1. The third kappa shape index (κ3) is 3.34. The lowest BCUT2D eigenvalue weighted by Gasteiger charge is -2.28. The first-order valence-corrected chi connectivity index (χ1v) is 10.0. The molecule has 29 heavy (non-hydrogen) atoms.